The van der Waals surface area contributed by atoms with E-state index in [4.69, 9.17) is 9.52 Å². The highest BCUT2D eigenvalue weighted by atomic mass is 16.4. The minimum atomic E-state index is -1.05. The van der Waals surface area contributed by atoms with Gasteiger partial charge in [-0.05, 0) is 26.2 Å². The third kappa shape index (κ3) is 2.52. The van der Waals surface area contributed by atoms with Gasteiger partial charge in [-0.25, -0.2) is 9.78 Å². The van der Waals surface area contributed by atoms with Gasteiger partial charge in [0.25, 0.3) is 5.91 Å². The molecule has 1 atom stereocenters. The van der Waals surface area contributed by atoms with E-state index in [-0.39, 0.29) is 5.76 Å². The van der Waals surface area contributed by atoms with E-state index in [0.717, 1.165) is 12.8 Å². The number of aromatic nitrogens is 1. The van der Waals surface area contributed by atoms with Crippen LogP contribution >= 0.6 is 0 Å². The van der Waals surface area contributed by atoms with Gasteiger partial charge in [-0.2, -0.15) is 0 Å². The van der Waals surface area contributed by atoms with E-state index in [1.807, 2.05) is 0 Å². The summed E-state index contributed by atoms with van der Waals surface area (Å²) in [6.07, 6.45) is 2.39. The van der Waals surface area contributed by atoms with Crippen LogP contribution in [0.25, 0.3) is 0 Å². The predicted molar refractivity (Wildman–Crippen MR) is 62.4 cm³/mol. The number of amides is 1. The van der Waals surface area contributed by atoms with Gasteiger partial charge in [0.1, 0.15) is 6.04 Å². The smallest absolute Gasteiger partial charge is 0.326 e. The van der Waals surface area contributed by atoms with Crippen molar-refractivity contribution in [3.63, 3.8) is 0 Å². The van der Waals surface area contributed by atoms with E-state index in [2.05, 4.69) is 10.3 Å². The van der Waals surface area contributed by atoms with Crippen LogP contribution in [0.5, 0.6) is 0 Å². The lowest BCUT2D eigenvalue weighted by Crippen LogP contribution is -2.40. The van der Waals surface area contributed by atoms with Gasteiger partial charge in [0.15, 0.2) is 5.89 Å². The van der Waals surface area contributed by atoms with Crippen molar-refractivity contribution >= 4 is 11.9 Å². The van der Waals surface area contributed by atoms with Crippen molar-refractivity contribution < 1.29 is 19.1 Å². The van der Waals surface area contributed by atoms with Crippen molar-refractivity contribution in [1.82, 2.24) is 10.3 Å². The molecular formula is C12H16N2O4. The summed E-state index contributed by atoms with van der Waals surface area (Å²) < 4.78 is 5.41. The van der Waals surface area contributed by atoms with E-state index in [1.165, 1.54) is 0 Å². The molecule has 18 heavy (non-hydrogen) atoms. The summed E-state index contributed by atoms with van der Waals surface area (Å²) >= 11 is 0. The molecule has 1 saturated carbocycles. The fourth-order valence-electron chi connectivity index (χ4n) is 1.70. The molecule has 0 aliphatic heterocycles. The summed E-state index contributed by atoms with van der Waals surface area (Å²) in [7, 11) is 0. The van der Waals surface area contributed by atoms with Gasteiger partial charge in [0, 0.05) is 5.92 Å². The van der Waals surface area contributed by atoms with Crippen LogP contribution in [-0.4, -0.2) is 28.0 Å². The van der Waals surface area contributed by atoms with Gasteiger partial charge in [-0.1, -0.05) is 6.92 Å². The van der Waals surface area contributed by atoms with E-state index in [9.17, 15) is 9.59 Å². The topological polar surface area (TPSA) is 92.4 Å². The molecule has 2 N–H and O–H groups in total. The predicted octanol–water partition coefficient (Wildman–Crippen LogP) is 1.45. The maximum absolute atomic E-state index is 11.9. The molecule has 1 aromatic rings. The molecule has 6 nitrogen and oxygen atoms in total. The highest BCUT2D eigenvalue weighted by molar-refractivity contribution is 5.95. The zero-order valence-corrected chi connectivity index (χ0v) is 10.4. The molecule has 0 saturated heterocycles. The standard InChI is InChI=1S/C12H16N2O4/c1-3-8(12(16)17)14-10(15)9-6(2)13-11(18-9)7-4-5-7/h7-8H,3-5H2,1-2H3,(H,14,15)(H,16,17). The van der Waals surface area contributed by atoms with Crippen LogP contribution in [0.1, 0.15) is 54.2 Å². The number of hydrogen-bond acceptors (Lipinski definition) is 4. The molecule has 1 heterocycles. The van der Waals surface area contributed by atoms with Gasteiger partial charge in [0.05, 0.1) is 5.69 Å². The Morgan fingerprint density at radius 2 is 2.22 bits per heavy atom. The summed E-state index contributed by atoms with van der Waals surface area (Å²) in [5.41, 5.74) is 0.509. The zero-order chi connectivity index (χ0) is 13.3. The first-order valence-corrected chi connectivity index (χ1v) is 6.04. The Morgan fingerprint density at radius 3 is 2.72 bits per heavy atom. The van der Waals surface area contributed by atoms with Crippen molar-refractivity contribution in [2.45, 2.75) is 45.1 Å². The fraction of sp³-hybridized carbons (Fsp3) is 0.583. The molecule has 1 aliphatic carbocycles. The average Bonchev–Trinajstić information content (AvgIpc) is 3.09. The molecule has 1 amide bonds. The van der Waals surface area contributed by atoms with Crippen LogP contribution in [0.4, 0.5) is 0 Å². The largest absolute Gasteiger partial charge is 0.480 e. The average molecular weight is 252 g/mol. The normalized spacial score (nSPS) is 16.3. The quantitative estimate of drug-likeness (QED) is 0.827. The number of nitrogens with zero attached hydrogens (tertiary/aromatic N) is 1. The molecule has 0 spiro atoms. The molecule has 1 unspecified atom stereocenters. The Kier molecular flexibility index (Phi) is 3.36. The Bertz CT molecular complexity index is 476. The number of carbonyl (C=O) groups excluding carboxylic acids is 1. The lowest BCUT2D eigenvalue weighted by atomic mass is 10.2. The third-order valence-corrected chi connectivity index (χ3v) is 2.96. The van der Waals surface area contributed by atoms with Crippen LogP contribution in [0.2, 0.25) is 0 Å². The van der Waals surface area contributed by atoms with E-state index in [1.54, 1.807) is 13.8 Å². The minimum Gasteiger partial charge on any atom is -0.480 e. The van der Waals surface area contributed by atoms with Crippen LogP contribution in [-0.2, 0) is 4.79 Å². The highest BCUT2D eigenvalue weighted by Crippen LogP contribution is 2.40. The third-order valence-electron chi connectivity index (χ3n) is 2.96. The molecule has 6 heteroatoms. The van der Waals surface area contributed by atoms with E-state index < -0.39 is 17.9 Å². The number of hydrogen-bond donors (Lipinski definition) is 2. The summed E-state index contributed by atoms with van der Waals surface area (Å²) in [4.78, 5) is 26.9. The van der Waals surface area contributed by atoms with Crippen LogP contribution in [0.3, 0.4) is 0 Å². The summed E-state index contributed by atoms with van der Waals surface area (Å²) in [6.45, 7) is 3.38. The number of nitrogens with one attached hydrogen (secondary N) is 1. The van der Waals surface area contributed by atoms with Gasteiger partial charge < -0.3 is 14.8 Å². The van der Waals surface area contributed by atoms with Crippen LogP contribution in [0.15, 0.2) is 4.42 Å². The number of carbonyl (C=O) groups is 2. The minimum absolute atomic E-state index is 0.122. The second-order valence-electron chi connectivity index (χ2n) is 4.51. The van der Waals surface area contributed by atoms with Crippen LogP contribution < -0.4 is 5.32 Å². The van der Waals surface area contributed by atoms with Gasteiger partial charge >= 0.3 is 5.97 Å². The SMILES string of the molecule is CCC(NC(=O)c1oc(C2CC2)nc1C)C(=O)O. The molecule has 0 bridgehead atoms. The first kappa shape index (κ1) is 12.6. The van der Waals surface area contributed by atoms with Crippen molar-refractivity contribution in [1.29, 1.82) is 0 Å². The first-order valence-electron chi connectivity index (χ1n) is 6.04. The fourth-order valence-corrected chi connectivity index (χ4v) is 1.70. The number of oxazole rings is 1. The maximum Gasteiger partial charge on any atom is 0.326 e. The molecule has 0 aromatic carbocycles. The highest BCUT2D eigenvalue weighted by Gasteiger charge is 2.31. The van der Waals surface area contributed by atoms with Crippen molar-refractivity contribution in [3.05, 3.63) is 17.3 Å². The number of carboxylic acid groups (broad SMARTS) is 1. The van der Waals surface area contributed by atoms with E-state index in [0.29, 0.717) is 23.9 Å². The number of aliphatic carboxylic acids is 1. The number of carboxylic acids is 1. The Balaban J connectivity index is 2.10. The van der Waals surface area contributed by atoms with Crippen molar-refractivity contribution in [2.75, 3.05) is 0 Å². The van der Waals surface area contributed by atoms with Gasteiger partial charge in [-0.15, -0.1) is 0 Å². The molecule has 1 aliphatic rings. The molecule has 1 fully saturated rings. The molecule has 1 aromatic heterocycles. The Hall–Kier alpha value is -1.85. The lowest BCUT2D eigenvalue weighted by molar-refractivity contribution is -0.139. The first-order chi connectivity index (χ1) is 8.52. The molecule has 2 rings (SSSR count). The molecule has 98 valence electrons. The molecular weight excluding hydrogens is 236 g/mol. The van der Waals surface area contributed by atoms with Crippen LogP contribution in [0, 0.1) is 6.92 Å². The van der Waals surface area contributed by atoms with E-state index >= 15 is 0 Å². The number of aryl methyl sites for hydroxylation is 1. The zero-order valence-electron chi connectivity index (χ0n) is 10.4. The van der Waals surface area contributed by atoms with Gasteiger partial charge in [0.2, 0.25) is 5.76 Å². The van der Waals surface area contributed by atoms with Gasteiger partial charge in [-0.3, -0.25) is 4.79 Å². The second kappa shape index (κ2) is 4.80. The summed E-state index contributed by atoms with van der Waals surface area (Å²) in [5.74, 6) is -0.532. The second-order valence-corrected chi connectivity index (χ2v) is 4.51. The van der Waals surface area contributed by atoms with Crippen molar-refractivity contribution in [2.24, 2.45) is 0 Å². The maximum atomic E-state index is 11.9. The van der Waals surface area contributed by atoms with Crippen molar-refractivity contribution in [3.8, 4) is 0 Å². The summed E-state index contributed by atoms with van der Waals surface area (Å²) in [5, 5.41) is 11.3. The Labute approximate surface area is 104 Å². The monoisotopic (exact) mass is 252 g/mol. The number of rotatable bonds is 5. The molecule has 0 radical (unpaired) electrons. The summed E-state index contributed by atoms with van der Waals surface area (Å²) in [6, 6.07) is -0.897. The Morgan fingerprint density at radius 1 is 1.56 bits per heavy atom. The lowest BCUT2D eigenvalue weighted by Gasteiger charge is -2.10.